The van der Waals surface area contributed by atoms with E-state index in [2.05, 4.69) is 0 Å². The maximum absolute atomic E-state index is 12.1. The monoisotopic (exact) mass is 273 g/mol. The molecule has 2 aromatic heterocycles. The number of rotatable bonds is 4. The van der Waals surface area contributed by atoms with Gasteiger partial charge in [-0.05, 0) is 33.8 Å². The maximum atomic E-state index is 12.1. The summed E-state index contributed by atoms with van der Waals surface area (Å²) in [6.45, 7) is 0.420. The normalized spacial score (nSPS) is 12.1. The van der Waals surface area contributed by atoms with Crippen LogP contribution in [0.4, 0.5) is 0 Å². The van der Waals surface area contributed by atoms with E-state index < -0.39 is 10.0 Å². The summed E-state index contributed by atoms with van der Waals surface area (Å²) in [6, 6.07) is 5.31. The maximum Gasteiger partial charge on any atom is 0.252 e. The van der Waals surface area contributed by atoms with Crippen LogP contribution in [0.3, 0.4) is 0 Å². The first-order chi connectivity index (χ1) is 7.60. The second-order valence-electron chi connectivity index (χ2n) is 3.32. The van der Waals surface area contributed by atoms with Gasteiger partial charge in [0.1, 0.15) is 4.21 Å². The van der Waals surface area contributed by atoms with E-state index in [1.165, 1.54) is 15.6 Å². The van der Waals surface area contributed by atoms with Crippen molar-refractivity contribution in [1.82, 2.24) is 4.31 Å². The van der Waals surface area contributed by atoms with Crippen LogP contribution in [-0.4, -0.2) is 19.8 Å². The molecule has 0 aliphatic rings. The molecule has 2 heterocycles. The van der Waals surface area contributed by atoms with Crippen molar-refractivity contribution in [3.63, 3.8) is 0 Å². The van der Waals surface area contributed by atoms with Gasteiger partial charge in [0.25, 0.3) is 10.0 Å². The lowest BCUT2D eigenvalue weighted by molar-refractivity contribution is 0.469. The van der Waals surface area contributed by atoms with E-state index in [-0.39, 0.29) is 0 Å². The summed E-state index contributed by atoms with van der Waals surface area (Å²) < 4.78 is 25.9. The average molecular weight is 273 g/mol. The smallest absolute Gasteiger partial charge is 0.206 e. The summed E-state index contributed by atoms with van der Waals surface area (Å²) in [6.07, 6.45) is 0. The molecule has 0 spiro atoms. The molecule has 3 nitrogen and oxygen atoms in total. The third kappa shape index (κ3) is 2.35. The third-order valence-corrected chi connectivity index (χ3v) is 6.05. The standard InChI is InChI=1S/C10H11NO2S3/c1-11(7-9-4-6-14-8-9)16(12,13)10-3-2-5-15-10/h2-6,8H,7H2,1H3. The van der Waals surface area contributed by atoms with Gasteiger partial charge >= 0.3 is 0 Å². The topological polar surface area (TPSA) is 37.4 Å². The Bertz CT molecular complexity index is 529. The van der Waals surface area contributed by atoms with Crippen LogP contribution in [0, 0.1) is 0 Å². The molecule has 86 valence electrons. The molecule has 0 atom stereocenters. The number of hydrogen-bond donors (Lipinski definition) is 0. The molecule has 0 saturated heterocycles. The second kappa shape index (κ2) is 4.67. The quantitative estimate of drug-likeness (QED) is 0.859. The Morgan fingerprint density at radius 1 is 1.31 bits per heavy atom. The Balaban J connectivity index is 2.19. The van der Waals surface area contributed by atoms with Crippen LogP contribution < -0.4 is 0 Å². The van der Waals surface area contributed by atoms with Gasteiger partial charge in [-0.2, -0.15) is 15.6 Å². The number of hydrogen-bond acceptors (Lipinski definition) is 4. The van der Waals surface area contributed by atoms with E-state index in [0.717, 1.165) is 5.56 Å². The van der Waals surface area contributed by atoms with E-state index in [1.54, 1.807) is 35.9 Å². The molecule has 2 rings (SSSR count). The second-order valence-corrected chi connectivity index (χ2v) is 7.32. The molecule has 0 N–H and O–H groups in total. The molecule has 0 amide bonds. The fourth-order valence-corrected chi connectivity index (χ4v) is 4.31. The van der Waals surface area contributed by atoms with E-state index in [4.69, 9.17) is 0 Å². The first kappa shape index (κ1) is 11.8. The molecule has 6 heteroatoms. The summed E-state index contributed by atoms with van der Waals surface area (Å²) in [5.74, 6) is 0. The van der Waals surface area contributed by atoms with E-state index in [0.29, 0.717) is 10.8 Å². The molecular weight excluding hydrogens is 262 g/mol. The minimum Gasteiger partial charge on any atom is -0.206 e. The van der Waals surface area contributed by atoms with Crippen molar-refractivity contribution in [3.05, 3.63) is 39.9 Å². The molecule has 0 fully saturated rings. The summed E-state index contributed by atoms with van der Waals surface area (Å²) in [5, 5.41) is 5.67. The summed E-state index contributed by atoms with van der Waals surface area (Å²) >= 11 is 2.81. The van der Waals surface area contributed by atoms with Crippen LogP contribution in [0.5, 0.6) is 0 Å². The third-order valence-electron chi connectivity index (χ3n) is 2.14. The summed E-state index contributed by atoms with van der Waals surface area (Å²) in [7, 11) is -1.71. The van der Waals surface area contributed by atoms with Gasteiger partial charge in [-0.3, -0.25) is 0 Å². The fourth-order valence-electron chi connectivity index (χ4n) is 1.29. The zero-order valence-corrected chi connectivity index (χ0v) is 11.1. The lowest BCUT2D eigenvalue weighted by Crippen LogP contribution is -2.25. The van der Waals surface area contributed by atoms with Crippen LogP contribution >= 0.6 is 22.7 Å². The van der Waals surface area contributed by atoms with Crippen LogP contribution in [0.2, 0.25) is 0 Å². The highest BCUT2D eigenvalue weighted by Crippen LogP contribution is 2.21. The van der Waals surface area contributed by atoms with Crippen molar-refractivity contribution in [1.29, 1.82) is 0 Å². The number of thiophene rings is 2. The Hall–Kier alpha value is -0.690. The van der Waals surface area contributed by atoms with Crippen molar-refractivity contribution < 1.29 is 8.42 Å². The van der Waals surface area contributed by atoms with E-state index in [1.807, 2.05) is 16.8 Å². The molecule has 0 aliphatic heterocycles. The molecule has 0 saturated carbocycles. The van der Waals surface area contributed by atoms with Gasteiger partial charge in [0.2, 0.25) is 0 Å². The van der Waals surface area contributed by atoms with Crippen LogP contribution in [-0.2, 0) is 16.6 Å². The number of nitrogens with zero attached hydrogens (tertiary/aromatic N) is 1. The minimum atomic E-state index is -3.32. The highest BCUT2D eigenvalue weighted by atomic mass is 32.2. The van der Waals surface area contributed by atoms with Gasteiger partial charge < -0.3 is 0 Å². The Morgan fingerprint density at radius 2 is 2.12 bits per heavy atom. The fraction of sp³-hybridized carbons (Fsp3) is 0.200. The van der Waals surface area contributed by atoms with Crippen molar-refractivity contribution in [2.45, 2.75) is 10.8 Å². The number of sulfonamides is 1. The summed E-state index contributed by atoms with van der Waals surface area (Å²) in [5.41, 5.74) is 1.02. The lowest BCUT2D eigenvalue weighted by Gasteiger charge is -2.14. The molecule has 0 aliphatic carbocycles. The van der Waals surface area contributed by atoms with Crippen molar-refractivity contribution in [3.8, 4) is 0 Å². The van der Waals surface area contributed by atoms with E-state index >= 15 is 0 Å². The first-order valence-electron chi connectivity index (χ1n) is 4.61. The molecule has 0 bridgehead atoms. The van der Waals surface area contributed by atoms with Gasteiger partial charge in [-0.25, -0.2) is 8.42 Å². The van der Waals surface area contributed by atoms with Crippen LogP contribution in [0.25, 0.3) is 0 Å². The molecule has 0 radical (unpaired) electrons. The zero-order chi connectivity index (χ0) is 11.6. The largest absolute Gasteiger partial charge is 0.252 e. The highest BCUT2D eigenvalue weighted by Gasteiger charge is 2.21. The summed E-state index contributed by atoms with van der Waals surface area (Å²) in [4.78, 5) is 0. The zero-order valence-electron chi connectivity index (χ0n) is 8.66. The van der Waals surface area contributed by atoms with E-state index in [9.17, 15) is 8.42 Å². The highest BCUT2D eigenvalue weighted by molar-refractivity contribution is 7.91. The predicted molar refractivity (Wildman–Crippen MR) is 67.3 cm³/mol. The van der Waals surface area contributed by atoms with Crippen molar-refractivity contribution in [2.75, 3.05) is 7.05 Å². The molecule has 2 aromatic rings. The SMILES string of the molecule is CN(Cc1ccsc1)S(=O)(=O)c1cccs1. The molecule has 0 unspecified atom stereocenters. The molecule has 0 aromatic carbocycles. The Kier molecular flexibility index (Phi) is 3.44. The minimum absolute atomic E-state index is 0.394. The van der Waals surface area contributed by atoms with Crippen molar-refractivity contribution in [2.24, 2.45) is 0 Å². The first-order valence-corrected chi connectivity index (χ1v) is 7.88. The van der Waals surface area contributed by atoms with Gasteiger partial charge in [-0.1, -0.05) is 6.07 Å². The predicted octanol–water partition coefficient (Wildman–Crippen LogP) is 2.63. The lowest BCUT2D eigenvalue weighted by atomic mass is 10.3. The van der Waals surface area contributed by atoms with Gasteiger partial charge in [0.15, 0.2) is 0 Å². The Morgan fingerprint density at radius 3 is 2.69 bits per heavy atom. The average Bonchev–Trinajstić information content (AvgIpc) is 2.89. The van der Waals surface area contributed by atoms with Gasteiger partial charge in [0.05, 0.1) is 0 Å². The van der Waals surface area contributed by atoms with Gasteiger partial charge in [-0.15, -0.1) is 11.3 Å². The molecule has 16 heavy (non-hydrogen) atoms. The van der Waals surface area contributed by atoms with Crippen LogP contribution in [0.1, 0.15) is 5.56 Å². The Labute approximate surface area is 103 Å². The molecular formula is C10H11NO2S3. The van der Waals surface area contributed by atoms with Crippen LogP contribution in [0.15, 0.2) is 38.5 Å². The van der Waals surface area contributed by atoms with Gasteiger partial charge in [0, 0.05) is 13.6 Å². The van der Waals surface area contributed by atoms with Crippen molar-refractivity contribution >= 4 is 32.7 Å².